The van der Waals surface area contributed by atoms with Gasteiger partial charge in [-0.1, -0.05) is 25.6 Å². The summed E-state index contributed by atoms with van der Waals surface area (Å²) in [6.45, 7) is 9.14. The molecule has 2 nitrogen and oxygen atoms in total. The van der Waals surface area contributed by atoms with Crippen LogP contribution in [0.15, 0.2) is 42.7 Å². The van der Waals surface area contributed by atoms with Crippen molar-refractivity contribution in [2.75, 3.05) is 25.6 Å². The number of hydrogen-bond acceptors (Lipinski definition) is 2. The summed E-state index contributed by atoms with van der Waals surface area (Å²) in [5.74, 6) is 0.680. The van der Waals surface area contributed by atoms with Crippen LogP contribution in [-0.2, 0) is 4.74 Å². The maximum atomic E-state index is 5.08. The summed E-state index contributed by atoms with van der Waals surface area (Å²) >= 11 is 0. The molecular weight excluding hydrogens is 222 g/mol. The van der Waals surface area contributed by atoms with E-state index in [9.17, 15) is 0 Å². The molecule has 98 valence electrons. The summed E-state index contributed by atoms with van der Waals surface area (Å²) in [5, 5.41) is 0. The largest absolute Gasteiger partial charge is 0.497 e. The fourth-order valence-electron chi connectivity index (χ4n) is 1.84. The minimum atomic E-state index is 0.680. The highest BCUT2D eigenvalue weighted by Crippen LogP contribution is 2.21. The van der Waals surface area contributed by atoms with E-state index in [-0.39, 0.29) is 0 Å². The van der Waals surface area contributed by atoms with Crippen molar-refractivity contribution in [3.05, 3.63) is 48.2 Å². The van der Waals surface area contributed by atoms with Crippen LogP contribution in [0.25, 0.3) is 5.57 Å². The van der Waals surface area contributed by atoms with E-state index >= 15 is 0 Å². The lowest BCUT2D eigenvalue weighted by Crippen LogP contribution is -2.17. The molecule has 0 saturated heterocycles. The van der Waals surface area contributed by atoms with Crippen LogP contribution in [0, 0.1) is 0 Å². The van der Waals surface area contributed by atoms with Crippen molar-refractivity contribution < 1.29 is 4.74 Å². The lowest BCUT2D eigenvalue weighted by molar-refractivity contribution is 0.309. The standard InChI is InChI=1S/C16H23NO/c1-6-10-17(4)16-9-7-8-15(12-16)13(2)11-14(3)18-5/h7-9,11-12H,3,6,10H2,1-2,4-5H3/b13-11+. The first-order valence-corrected chi connectivity index (χ1v) is 6.31. The average molecular weight is 245 g/mol. The topological polar surface area (TPSA) is 12.5 Å². The summed E-state index contributed by atoms with van der Waals surface area (Å²) < 4.78 is 5.08. The van der Waals surface area contributed by atoms with Crippen LogP contribution in [0.2, 0.25) is 0 Å². The number of ether oxygens (including phenoxy) is 1. The molecule has 1 rings (SSSR count). The van der Waals surface area contributed by atoms with Crippen LogP contribution >= 0.6 is 0 Å². The first-order valence-electron chi connectivity index (χ1n) is 6.31. The molecule has 0 bridgehead atoms. The van der Waals surface area contributed by atoms with Gasteiger partial charge >= 0.3 is 0 Å². The third kappa shape index (κ3) is 3.95. The number of anilines is 1. The van der Waals surface area contributed by atoms with Crippen LogP contribution < -0.4 is 4.90 Å². The fourth-order valence-corrected chi connectivity index (χ4v) is 1.84. The molecule has 0 aromatic heterocycles. The van der Waals surface area contributed by atoms with Gasteiger partial charge in [0.1, 0.15) is 5.76 Å². The molecule has 0 spiro atoms. The van der Waals surface area contributed by atoms with Crippen LogP contribution in [0.1, 0.15) is 25.8 Å². The molecule has 2 heteroatoms. The highest BCUT2D eigenvalue weighted by molar-refractivity contribution is 5.69. The lowest BCUT2D eigenvalue weighted by atomic mass is 10.1. The Hall–Kier alpha value is -1.70. The zero-order chi connectivity index (χ0) is 13.5. The molecule has 18 heavy (non-hydrogen) atoms. The molecule has 0 aliphatic carbocycles. The lowest BCUT2D eigenvalue weighted by Gasteiger charge is -2.19. The van der Waals surface area contributed by atoms with E-state index in [1.807, 2.05) is 6.08 Å². The van der Waals surface area contributed by atoms with Crippen molar-refractivity contribution in [2.45, 2.75) is 20.3 Å². The van der Waals surface area contributed by atoms with Crippen LogP contribution in [-0.4, -0.2) is 20.7 Å². The van der Waals surface area contributed by atoms with Crippen molar-refractivity contribution >= 4 is 11.3 Å². The Kier molecular flexibility index (Phi) is 5.50. The van der Waals surface area contributed by atoms with E-state index in [0.29, 0.717) is 5.76 Å². The second-order valence-corrected chi connectivity index (χ2v) is 4.47. The number of methoxy groups -OCH3 is 1. The van der Waals surface area contributed by atoms with E-state index in [1.165, 1.54) is 11.3 Å². The molecule has 0 N–H and O–H groups in total. The van der Waals surface area contributed by atoms with Gasteiger partial charge in [0.2, 0.25) is 0 Å². The number of benzene rings is 1. The van der Waals surface area contributed by atoms with Crippen molar-refractivity contribution in [3.8, 4) is 0 Å². The zero-order valence-corrected chi connectivity index (χ0v) is 11.9. The monoisotopic (exact) mass is 245 g/mol. The van der Waals surface area contributed by atoms with Crippen molar-refractivity contribution in [2.24, 2.45) is 0 Å². The van der Waals surface area contributed by atoms with E-state index in [1.54, 1.807) is 7.11 Å². The van der Waals surface area contributed by atoms with E-state index in [2.05, 4.69) is 56.6 Å². The molecule has 0 atom stereocenters. The first-order chi connectivity index (χ1) is 8.58. The van der Waals surface area contributed by atoms with Crippen LogP contribution in [0.5, 0.6) is 0 Å². The van der Waals surface area contributed by atoms with Crippen molar-refractivity contribution in [3.63, 3.8) is 0 Å². The molecule has 0 aliphatic rings. The summed E-state index contributed by atoms with van der Waals surface area (Å²) in [5.41, 5.74) is 3.60. The normalized spacial score (nSPS) is 11.2. The Bertz CT molecular complexity index is 434. The van der Waals surface area contributed by atoms with E-state index in [4.69, 9.17) is 4.74 Å². The Morgan fingerprint density at radius 3 is 2.78 bits per heavy atom. The van der Waals surface area contributed by atoms with Crippen molar-refractivity contribution in [1.82, 2.24) is 0 Å². The Morgan fingerprint density at radius 1 is 1.44 bits per heavy atom. The van der Waals surface area contributed by atoms with Gasteiger partial charge in [0.05, 0.1) is 7.11 Å². The predicted molar refractivity (Wildman–Crippen MR) is 79.8 cm³/mol. The summed E-state index contributed by atoms with van der Waals surface area (Å²) in [7, 11) is 3.76. The van der Waals surface area contributed by atoms with Gasteiger partial charge in [-0.05, 0) is 42.7 Å². The predicted octanol–water partition coefficient (Wildman–Crippen LogP) is 4.10. The smallest absolute Gasteiger partial charge is 0.111 e. The molecule has 0 amide bonds. The fraction of sp³-hybridized carbons (Fsp3) is 0.375. The van der Waals surface area contributed by atoms with E-state index < -0.39 is 0 Å². The zero-order valence-electron chi connectivity index (χ0n) is 11.9. The van der Waals surface area contributed by atoms with Gasteiger partial charge in [0, 0.05) is 19.3 Å². The second-order valence-electron chi connectivity index (χ2n) is 4.47. The van der Waals surface area contributed by atoms with Gasteiger partial charge in [-0.25, -0.2) is 0 Å². The van der Waals surface area contributed by atoms with Crippen LogP contribution in [0.3, 0.4) is 0 Å². The summed E-state index contributed by atoms with van der Waals surface area (Å²) in [6, 6.07) is 8.53. The summed E-state index contributed by atoms with van der Waals surface area (Å²) in [4.78, 5) is 2.27. The number of nitrogens with zero attached hydrogens (tertiary/aromatic N) is 1. The minimum Gasteiger partial charge on any atom is -0.497 e. The maximum Gasteiger partial charge on any atom is 0.111 e. The molecule has 0 saturated carbocycles. The Balaban J connectivity index is 2.94. The maximum absolute atomic E-state index is 5.08. The SMILES string of the molecule is C=C(/C=C(\C)c1cccc(N(C)CCC)c1)OC. The van der Waals surface area contributed by atoms with E-state index in [0.717, 1.165) is 18.5 Å². The summed E-state index contributed by atoms with van der Waals surface area (Å²) in [6.07, 6.45) is 3.11. The van der Waals surface area contributed by atoms with Gasteiger partial charge in [0.25, 0.3) is 0 Å². The molecule has 1 aromatic carbocycles. The van der Waals surface area contributed by atoms with Gasteiger partial charge < -0.3 is 9.64 Å². The third-order valence-corrected chi connectivity index (χ3v) is 2.94. The first kappa shape index (κ1) is 14.4. The molecule has 0 heterocycles. The Labute approximate surface area is 111 Å². The van der Waals surface area contributed by atoms with Gasteiger partial charge in [-0.15, -0.1) is 0 Å². The molecule has 0 aliphatic heterocycles. The van der Waals surface area contributed by atoms with Crippen LogP contribution in [0.4, 0.5) is 5.69 Å². The molecular formula is C16H23NO. The molecule has 0 radical (unpaired) electrons. The highest BCUT2D eigenvalue weighted by Gasteiger charge is 2.02. The second kappa shape index (κ2) is 6.90. The molecule has 0 unspecified atom stereocenters. The minimum absolute atomic E-state index is 0.680. The molecule has 0 fully saturated rings. The third-order valence-electron chi connectivity index (χ3n) is 2.94. The van der Waals surface area contributed by atoms with Gasteiger partial charge in [-0.3, -0.25) is 0 Å². The van der Waals surface area contributed by atoms with Crippen molar-refractivity contribution in [1.29, 1.82) is 0 Å². The quantitative estimate of drug-likeness (QED) is 0.552. The average Bonchev–Trinajstić information content (AvgIpc) is 2.39. The molecule has 1 aromatic rings. The van der Waals surface area contributed by atoms with Gasteiger partial charge in [-0.2, -0.15) is 0 Å². The van der Waals surface area contributed by atoms with Gasteiger partial charge in [0.15, 0.2) is 0 Å². The highest BCUT2D eigenvalue weighted by atomic mass is 16.5. The Morgan fingerprint density at radius 2 is 2.17 bits per heavy atom. The number of hydrogen-bond donors (Lipinski definition) is 0. The number of rotatable bonds is 6. The number of allylic oxidation sites excluding steroid dienone is 2.